The van der Waals surface area contributed by atoms with Gasteiger partial charge in [-0.1, -0.05) is 0 Å². The van der Waals surface area contributed by atoms with Crippen molar-refractivity contribution in [2.24, 2.45) is 11.1 Å². The van der Waals surface area contributed by atoms with Crippen molar-refractivity contribution < 1.29 is 14.6 Å². The van der Waals surface area contributed by atoms with Gasteiger partial charge in [-0.2, -0.15) is 0 Å². The molecule has 0 aromatic heterocycles. The summed E-state index contributed by atoms with van der Waals surface area (Å²) in [6.45, 7) is 3.74. The second-order valence-electron chi connectivity index (χ2n) is 4.73. The van der Waals surface area contributed by atoms with Crippen LogP contribution in [0, 0.1) is 5.41 Å². The molecule has 1 amide bonds. The monoisotopic (exact) mass is 214 g/mol. The number of ether oxygens (including phenoxy) is 1. The van der Waals surface area contributed by atoms with Crippen LogP contribution in [0.1, 0.15) is 13.3 Å². The number of carbonyl (C=O) groups excluding carboxylic acids is 1. The first-order valence-electron chi connectivity index (χ1n) is 5.35. The fraction of sp³-hybridized carbons (Fsp3) is 0.900. The summed E-state index contributed by atoms with van der Waals surface area (Å²) < 4.78 is 5.24. The first kappa shape index (κ1) is 10.9. The van der Waals surface area contributed by atoms with Crippen molar-refractivity contribution >= 4 is 5.91 Å². The Morgan fingerprint density at radius 1 is 1.67 bits per heavy atom. The lowest BCUT2D eigenvalue weighted by Crippen LogP contribution is -2.51. The van der Waals surface area contributed by atoms with Gasteiger partial charge in [-0.25, -0.2) is 0 Å². The van der Waals surface area contributed by atoms with E-state index in [9.17, 15) is 9.90 Å². The van der Waals surface area contributed by atoms with Crippen molar-refractivity contribution in [1.82, 2.24) is 4.90 Å². The number of aliphatic hydroxyl groups excluding tert-OH is 1. The van der Waals surface area contributed by atoms with Gasteiger partial charge < -0.3 is 20.5 Å². The summed E-state index contributed by atoms with van der Waals surface area (Å²) in [5, 5.41) is 9.38. The van der Waals surface area contributed by atoms with Crippen LogP contribution >= 0.6 is 0 Å². The van der Waals surface area contributed by atoms with E-state index in [1.165, 1.54) is 0 Å². The van der Waals surface area contributed by atoms with E-state index in [1.807, 2.05) is 6.92 Å². The van der Waals surface area contributed by atoms with Crippen LogP contribution in [0.3, 0.4) is 0 Å². The van der Waals surface area contributed by atoms with Crippen LogP contribution in [0.25, 0.3) is 0 Å². The molecule has 2 aliphatic heterocycles. The molecule has 0 aliphatic carbocycles. The summed E-state index contributed by atoms with van der Waals surface area (Å²) in [7, 11) is 0. The fourth-order valence-electron chi connectivity index (χ4n) is 2.20. The molecule has 2 fully saturated rings. The maximum absolute atomic E-state index is 12.2. The summed E-state index contributed by atoms with van der Waals surface area (Å²) >= 11 is 0. The van der Waals surface area contributed by atoms with Gasteiger partial charge in [-0.3, -0.25) is 4.79 Å². The van der Waals surface area contributed by atoms with Crippen LogP contribution < -0.4 is 5.73 Å². The predicted molar refractivity (Wildman–Crippen MR) is 54.1 cm³/mol. The third kappa shape index (κ3) is 1.75. The van der Waals surface area contributed by atoms with Crippen molar-refractivity contribution in [2.45, 2.75) is 25.5 Å². The van der Waals surface area contributed by atoms with E-state index in [4.69, 9.17) is 10.5 Å². The zero-order valence-corrected chi connectivity index (χ0v) is 8.98. The minimum absolute atomic E-state index is 0.0176. The first-order valence-corrected chi connectivity index (χ1v) is 5.35. The normalized spacial score (nSPS) is 41.1. The number of aliphatic hydroxyl groups is 1. The van der Waals surface area contributed by atoms with Gasteiger partial charge in [0.15, 0.2) is 0 Å². The van der Waals surface area contributed by atoms with E-state index in [0.717, 1.165) is 0 Å². The molecule has 2 saturated heterocycles. The molecule has 0 bridgehead atoms. The first-order chi connectivity index (χ1) is 7.04. The van der Waals surface area contributed by atoms with Gasteiger partial charge in [0.2, 0.25) is 5.91 Å². The molecule has 2 unspecified atom stereocenters. The lowest BCUT2D eigenvalue weighted by Gasteiger charge is -2.30. The Labute approximate surface area is 89.2 Å². The number of β-amino-alcohol motifs (C(OH)–C–C–N with tert-alkyl or cyclic N) is 1. The number of nitrogens with zero attached hydrogens (tertiary/aromatic N) is 1. The second kappa shape index (κ2) is 3.73. The highest BCUT2D eigenvalue weighted by Gasteiger charge is 2.47. The molecule has 2 heterocycles. The molecule has 86 valence electrons. The smallest absolute Gasteiger partial charge is 0.232 e. The average Bonchev–Trinajstić information content (AvgIpc) is 2.75. The van der Waals surface area contributed by atoms with Crippen molar-refractivity contribution in [3.05, 3.63) is 0 Å². The quantitative estimate of drug-likeness (QED) is 0.583. The molecule has 0 aromatic carbocycles. The van der Waals surface area contributed by atoms with Crippen molar-refractivity contribution in [3.8, 4) is 0 Å². The minimum Gasteiger partial charge on any atom is -0.391 e. The van der Waals surface area contributed by atoms with Gasteiger partial charge in [0.05, 0.1) is 24.7 Å². The second-order valence-corrected chi connectivity index (χ2v) is 4.73. The molecular weight excluding hydrogens is 196 g/mol. The van der Waals surface area contributed by atoms with E-state index in [-0.39, 0.29) is 18.1 Å². The molecule has 2 aliphatic rings. The summed E-state index contributed by atoms with van der Waals surface area (Å²) in [6, 6.07) is -0.234. The van der Waals surface area contributed by atoms with Gasteiger partial charge >= 0.3 is 0 Å². The van der Waals surface area contributed by atoms with Crippen molar-refractivity contribution in [2.75, 3.05) is 26.3 Å². The molecule has 0 saturated carbocycles. The van der Waals surface area contributed by atoms with Crippen molar-refractivity contribution in [1.29, 1.82) is 0 Å². The predicted octanol–water partition coefficient (Wildman–Crippen LogP) is -1.06. The largest absolute Gasteiger partial charge is 0.391 e. The van der Waals surface area contributed by atoms with Crippen LogP contribution in [-0.2, 0) is 9.53 Å². The van der Waals surface area contributed by atoms with E-state index >= 15 is 0 Å². The molecule has 3 atom stereocenters. The highest BCUT2D eigenvalue weighted by atomic mass is 16.5. The van der Waals surface area contributed by atoms with Gasteiger partial charge in [-0.05, 0) is 13.3 Å². The zero-order chi connectivity index (χ0) is 11.1. The number of rotatable bonds is 1. The maximum Gasteiger partial charge on any atom is 0.232 e. The topological polar surface area (TPSA) is 75.8 Å². The standard InChI is InChI=1S/C10H18N2O3/c1-10(6-15-5-8(10)11)9(14)12-3-2-7(13)4-12/h7-8,13H,2-6,11H2,1H3/t7-,8?,10?/m1/s1. The molecule has 5 heteroatoms. The highest BCUT2D eigenvalue weighted by Crippen LogP contribution is 2.30. The van der Waals surface area contributed by atoms with Crippen LogP contribution in [0.5, 0.6) is 0 Å². The third-order valence-corrected chi connectivity index (χ3v) is 3.46. The third-order valence-electron chi connectivity index (χ3n) is 3.46. The van der Waals surface area contributed by atoms with Crippen molar-refractivity contribution in [3.63, 3.8) is 0 Å². The van der Waals surface area contributed by atoms with Crippen LogP contribution in [-0.4, -0.2) is 54.4 Å². The molecule has 3 N–H and O–H groups in total. The Kier molecular flexibility index (Phi) is 2.70. The number of likely N-dealkylation sites (tertiary alicyclic amines) is 1. The van der Waals surface area contributed by atoms with Crippen LogP contribution in [0.15, 0.2) is 0 Å². The molecule has 0 aromatic rings. The Hall–Kier alpha value is -0.650. The number of hydrogen-bond acceptors (Lipinski definition) is 4. The minimum atomic E-state index is -0.607. The number of nitrogens with two attached hydrogens (primary N) is 1. The molecule has 15 heavy (non-hydrogen) atoms. The fourth-order valence-corrected chi connectivity index (χ4v) is 2.20. The average molecular weight is 214 g/mol. The molecule has 5 nitrogen and oxygen atoms in total. The molecule has 0 spiro atoms. The number of carbonyl (C=O) groups is 1. The van der Waals surface area contributed by atoms with Crippen LogP contribution in [0.2, 0.25) is 0 Å². The summed E-state index contributed by atoms with van der Waals surface area (Å²) in [5.41, 5.74) is 5.27. The highest BCUT2D eigenvalue weighted by molar-refractivity contribution is 5.84. The Morgan fingerprint density at radius 3 is 2.87 bits per heavy atom. The van der Waals surface area contributed by atoms with E-state index < -0.39 is 5.41 Å². The Balaban J connectivity index is 2.07. The Morgan fingerprint density at radius 2 is 2.40 bits per heavy atom. The lowest BCUT2D eigenvalue weighted by molar-refractivity contribution is -0.141. The molecule has 2 rings (SSSR count). The van der Waals surface area contributed by atoms with Gasteiger partial charge in [0.1, 0.15) is 0 Å². The zero-order valence-electron chi connectivity index (χ0n) is 8.98. The maximum atomic E-state index is 12.2. The van der Waals surface area contributed by atoms with Gasteiger partial charge in [0, 0.05) is 19.1 Å². The van der Waals surface area contributed by atoms with Gasteiger partial charge in [-0.15, -0.1) is 0 Å². The van der Waals surface area contributed by atoms with E-state index in [0.29, 0.717) is 32.7 Å². The molecule has 0 radical (unpaired) electrons. The lowest BCUT2D eigenvalue weighted by atomic mass is 9.84. The molecular formula is C10H18N2O3. The SMILES string of the molecule is CC1(C(=O)N2CC[C@@H](O)C2)COCC1N. The number of amides is 1. The summed E-state index contributed by atoms with van der Waals surface area (Å²) in [4.78, 5) is 13.9. The van der Waals surface area contributed by atoms with E-state index in [2.05, 4.69) is 0 Å². The van der Waals surface area contributed by atoms with E-state index in [1.54, 1.807) is 4.90 Å². The van der Waals surface area contributed by atoms with Gasteiger partial charge in [0.25, 0.3) is 0 Å². The summed E-state index contributed by atoms with van der Waals surface area (Å²) in [6.07, 6.45) is 0.286. The summed E-state index contributed by atoms with van der Waals surface area (Å²) in [5.74, 6) is 0.0176. The van der Waals surface area contributed by atoms with Crippen LogP contribution in [0.4, 0.5) is 0 Å². The number of hydrogen-bond donors (Lipinski definition) is 2. The Bertz CT molecular complexity index is 271.